The minimum atomic E-state index is -0.358. The second kappa shape index (κ2) is 6.16. The highest BCUT2D eigenvalue weighted by Crippen LogP contribution is 2.24. The summed E-state index contributed by atoms with van der Waals surface area (Å²) < 4.78 is 5.31. The molecular formula is C16H22N2O3. The average Bonchev–Trinajstić information content (AvgIpc) is 2.76. The molecule has 1 N–H and O–H groups in total. The van der Waals surface area contributed by atoms with E-state index in [0.29, 0.717) is 13.1 Å². The van der Waals surface area contributed by atoms with Gasteiger partial charge in [0, 0.05) is 11.6 Å². The molecule has 1 saturated heterocycles. The first-order valence-corrected chi connectivity index (χ1v) is 7.21. The highest BCUT2D eigenvalue weighted by Gasteiger charge is 2.32. The van der Waals surface area contributed by atoms with Gasteiger partial charge in [-0.05, 0) is 37.1 Å². The van der Waals surface area contributed by atoms with Crippen molar-refractivity contribution in [2.45, 2.75) is 33.8 Å². The SMILES string of the molecule is Cc1cc(C)cc(N2CC(CNC(=O)C(C)C)OC2=O)c1. The topological polar surface area (TPSA) is 58.6 Å². The van der Waals surface area contributed by atoms with Crippen molar-refractivity contribution >= 4 is 17.7 Å². The van der Waals surface area contributed by atoms with Gasteiger partial charge < -0.3 is 10.1 Å². The predicted molar refractivity (Wildman–Crippen MR) is 81.4 cm³/mol. The van der Waals surface area contributed by atoms with Crippen molar-refractivity contribution in [1.29, 1.82) is 0 Å². The van der Waals surface area contributed by atoms with Crippen LogP contribution < -0.4 is 10.2 Å². The maximum atomic E-state index is 12.0. The number of aryl methyl sites for hydroxylation is 2. The summed E-state index contributed by atoms with van der Waals surface area (Å²) in [5.74, 6) is -0.103. The highest BCUT2D eigenvalue weighted by molar-refractivity contribution is 5.90. The fourth-order valence-electron chi connectivity index (χ4n) is 2.36. The van der Waals surface area contributed by atoms with Gasteiger partial charge in [-0.2, -0.15) is 0 Å². The number of ether oxygens (including phenoxy) is 1. The fraction of sp³-hybridized carbons (Fsp3) is 0.500. The van der Waals surface area contributed by atoms with Crippen molar-refractivity contribution < 1.29 is 14.3 Å². The molecule has 0 bridgehead atoms. The van der Waals surface area contributed by atoms with Gasteiger partial charge in [-0.15, -0.1) is 0 Å². The van der Waals surface area contributed by atoms with Crippen LogP contribution in [0.1, 0.15) is 25.0 Å². The molecule has 1 heterocycles. The summed E-state index contributed by atoms with van der Waals surface area (Å²) in [5.41, 5.74) is 3.05. The second-order valence-electron chi connectivity index (χ2n) is 5.86. The van der Waals surface area contributed by atoms with Gasteiger partial charge in [0.25, 0.3) is 0 Å². The zero-order valence-corrected chi connectivity index (χ0v) is 13.0. The van der Waals surface area contributed by atoms with Gasteiger partial charge in [0.1, 0.15) is 6.10 Å². The molecular weight excluding hydrogens is 268 g/mol. The van der Waals surface area contributed by atoms with E-state index < -0.39 is 0 Å². The third-order valence-electron chi connectivity index (χ3n) is 3.42. The molecule has 1 atom stereocenters. The molecule has 1 fully saturated rings. The van der Waals surface area contributed by atoms with Crippen LogP contribution in [0.25, 0.3) is 0 Å². The van der Waals surface area contributed by atoms with Gasteiger partial charge in [0.15, 0.2) is 0 Å². The Hall–Kier alpha value is -2.04. The Kier molecular flexibility index (Phi) is 4.50. The van der Waals surface area contributed by atoms with E-state index in [1.807, 2.05) is 39.8 Å². The number of anilines is 1. The van der Waals surface area contributed by atoms with Crippen LogP contribution in [0, 0.1) is 19.8 Å². The Bertz CT molecular complexity index is 534. The predicted octanol–water partition coefficient (Wildman–Crippen LogP) is 2.40. The Morgan fingerprint density at radius 2 is 1.95 bits per heavy atom. The molecule has 2 rings (SSSR count). The van der Waals surface area contributed by atoms with Crippen LogP contribution in [0.5, 0.6) is 0 Å². The van der Waals surface area contributed by atoms with E-state index in [2.05, 4.69) is 11.4 Å². The van der Waals surface area contributed by atoms with Crippen molar-refractivity contribution in [2.24, 2.45) is 5.92 Å². The van der Waals surface area contributed by atoms with Gasteiger partial charge >= 0.3 is 6.09 Å². The van der Waals surface area contributed by atoms with Crippen LogP contribution in [0.3, 0.4) is 0 Å². The van der Waals surface area contributed by atoms with Crippen molar-refractivity contribution in [3.05, 3.63) is 29.3 Å². The first kappa shape index (κ1) is 15.4. The lowest BCUT2D eigenvalue weighted by molar-refractivity contribution is -0.124. The molecule has 1 aromatic carbocycles. The Balaban J connectivity index is 2.01. The molecule has 1 aliphatic rings. The molecule has 1 aliphatic heterocycles. The van der Waals surface area contributed by atoms with Crippen LogP contribution >= 0.6 is 0 Å². The normalized spacial score (nSPS) is 18.0. The summed E-state index contributed by atoms with van der Waals surface area (Å²) in [7, 11) is 0. The number of hydrogen-bond donors (Lipinski definition) is 1. The first-order valence-electron chi connectivity index (χ1n) is 7.21. The molecule has 5 nitrogen and oxygen atoms in total. The fourth-order valence-corrected chi connectivity index (χ4v) is 2.36. The number of rotatable bonds is 4. The average molecular weight is 290 g/mol. The number of nitrogens with zero attached hydrogens (tertiary/aromatic N) is 1. The minimum absolute atomic E-state index is 0.0316. The van der Waals surface area contributed by atoms with Gasteiger partial charge in [0.05, 0.1) is 13.1 Å². The van der Waals surface area contributed by atoms with Crippen LogP contribution in [-0.2, 0) is 9.53 Å². The molecule has 0 spiro atoms. The summed E-state index contributed by atoms with van der Waals surface area (Å²) in [6.45, 7) is 8.47. The third-order valence-corrected chi connectivity index (χ3v) is 3.42. The van der Waals surface area contributed by atoms with Crippen LogP contribution in [0.15, 0.2) is 18.2 Å². The van der Waals surface area contributed by atoms with E-state index in [1.54, 1.807) is 4.90 Å². The maximum Gasteiger partial charge on any atom is 0.414 e. The smallest absolute Gasteiger partial charge is 0.414 e. The van der Waals surface area contributed by atoms with Gasteiger partial charge in [-0.25, -0.2) is 4.79 Å². The molecule has 1 aromatic rings. The number of cyclic esters (lactones) is 1. The number of carbonyl (C=O) groups is 2. The third kappa shape index (κ3) is 3.74. The van der Waals surface area contributed by atoms with E-state index in [9.17, 15) is 9.59 Å². The molecule has 0 radical (unpaired) electrons. The molecule has 114 valence electrons. The van der Waals surface area contributed by atoms with Gasteiger partial charge in [-0.1, -0.05) is 19.9 Å². The molecule has 0 saturated carbocycles. The molecule has 0 aliphatic carbocycles. The standard InChI is InChI=1S/C16H22N2O3/c1-10(2)15(19)17-8-14-9-18(16(20)21-14)13-6-11(3)5-12(4)7-13/h5-7,10,14H,8-9H2,1-4H3,(H,17,19). The van der Waals surface area contributed by atoms with Gasteiger partial charge in [-0.3, -0.25) is 9.69 Å². The highest BCUT2D eigenvalue weighted by atomic mass is 16.6. The second-order valence-corrected chi connectivity index (χ2v) is 5.86. The quantitative estimate of drug-likeness (QED) is 0.926. The number of nitrogens with one attached hydrogen (secondary N) is 1. The van der Waals surface area contributed by atoms with E-state index in [1.165, 1.54) is 0 Å². The number of hydrogen-bond acceptors (Lipinski definition) is 3. The molecule has 1 unspecified atom stereocenters. The summed E-state index contributed by atoms with van der Waals surface area (Å²) >= 11 is 0. The number of benzene rings is 1. The lowest BCUT2D eigenvalue weighted by atomic mass is 10.1. The molecule has 2 amide bonds. The minimum Gasteiger partial charge on any atom is -0.442 e. The molecule has 21 heavy (non-hydrogen) atoms. The summed E-state index contributed by atoms with van der Waals surface area (Å²) in [5, 5.41) is 2.80. The Labute approximate surface area is 125 Å². The van der Waals surface area contributed by atoms with Crippen LogP contribution in [-0.4, -0.2) is 31.2 Å². The number of carbonyl (C=O) groups excluding carboxylic acids is 2. The lowest BCUT2D eigenvalue weighted by Gasteiger charge is -2.15. The largest absolute Gasteiger partial charge is 0.442 e. The molecule has 0 aromatic heterocycles. The van der Waals surface area contributed by atoms with E-state index >= 15 is 0 Å². The zero-order chi connectivity index (χ0) is 15.6. The van der Waals surface area contributed by atoms with E-state index in [0.717, 1.165) is 16.8 Å². The Morgan fingerprint density at radius 3 is 2.52 bits per heavy atom. The zero-order valence-electron chi connectivity index (χ0n) is 13.0. The summed E-state index contributed by atoms with van der Waals surface area (Å²) in [6, 6.07) is 5.98. The van der Waals surface area contributed by atoms with Crippen molar-refractivity contribution in [3.8, 4) is 0 Å². The lowest BCUT2D eigenvalue weighted by Crippen LogP contribution is -2.36. The van der Waals surface area contributed by atoms with Crippen molar-refractivity contribution in [3.63, 3.8) is 0 Å². The van der Waals surface area contributed by atoms with Gasteiger partial charge in [0.2, 0.25) is 5.91 Å². The monoisotopic (exact) mass is 290 g/mol. The summed E-state index contributed by atoms with van der Waals surface area (Å²) in [6.07, 6.45) is -0.662. The summed E-state index contributed by atoms with van der Waals surface area (Å²) in [4.78, 5) is 25.2. The number of amides is 2. The van der Waals surface area contributed by atoms with E-state index in [-0.39, 0.29) is 24.0 Å². The van der Waals surface area contributed by atoms with Crippen molar-refractivity contribution in [1.82, 2.24) is 5.32 Å². The molecule has 5 heteroatoms. The maximum absolute atomic E-state index is 12.0. The van der Waals surface area contributed by atoms with Crippen LogP contribution in [0.2, 0.25) is 0 Å². The van der Waals surface area contributed by atoms with E-state index in [4.69, 9.17) is 4.74 Å². The van der Waals surface area contributed by atoms with Crippen molar-refractivity contribution in [2.75, 3.05) is 18.0 Å². The Morgan fingerprint density at radius 1 is 1.33 bits per heavy atom. The van der Waals surface area contributed by atoms with Crippen LogP contribution in [0.4, 0.5) is 10.5 Å². The first-order chi connectivity index (χ1) is 9.86.